The normalized spacial score (nSPS) is 18.9. The van der Waals surface area contributed by atoms with E-state index in [-0.39, 0.29) is 11.4 Å². The first kappa shape index (κ1) is 16.9. The lowest BCUT2D eigenvalue weighted by Crippen LogP contribution is -2.47. The number of benzene rings is 1. The number of aryl methyl sites for hydroxylation is 1. The van der Waals surface area contributed by atoms with Crippen LogP contribution in [0.5, 0.6) is 0 Å². The molecule has 1 aliphatic rings. The van der Waals surface area contributed by atoms with Gasteiger partial charge in [-0.1, -0.05) is 6.07 Å². The Bertz CT molecular complexity index is 611. The lowest BCUT2D eigenvalue weighted by atomic mass is 9.95. The summed E-state index contributed by atoms with van der Waals surface area (Å²) in [7, 11) is -2.14. The van der Waals surface area contributed by atoms with E-state index in [2.05, 4.69) is 15.9 Å². The Labute approximate surface area is 134 Å². The molecule has 0 atom stereocenters. The van der Waals surface area contributed by atoms with Gasteiger partial charge >= 0.3 is 0 Å². The molecule has 1 aromatic rings. The summed E-state index contributed by atoms with van der Waals surface area (Å²) in [6.45, 7) is 2.88. The van der Waals surface area contributed by atoms with Crippen LogP contribution >= 0.6 is 15.9 Å². The average Bonchev–Trinajstić information content (AvgIpc) is 2.38. The number of halogens is 1. The standard InChI is InChI=1S/C14H20BrNO4S/c1-11-3-4-13(12(15)9-11)21(18,19)16(2)10-14(17)5-7-20-8-6-14/h3-4,9,17H,5-8,10H2,1-2H3. The molecule has 0 aromatic heterocycles. The van der Waals surface area contributed by atoms with Crippen LogP contribution in [0.3, 0.4) is 0 Å². The van der Waals surface area contributed by atoms with E-state index in [1.807, 2.05) is 6.92 Å². The number of hydrogen-bond acceptors (Lipinski definition) is 4. The van der Waals surface area contributed by atoms with Gasteiger partial charge in [0.15, 0.2) is 0 Å². The summed E-state index contributed by atoms with van der Waals surface area (Å²) in [6.07, 6.45) is 0.893. The van der Waals surface area contributed by atoms with Crippen molar-refractivity contribution in [3.05, 3.63) is 28.2 Å². The van der Waals surface area contributed by atoms with Crippen LogP contribution in [0.15, 0.2) is 27.6 Å². The lowest BCUT2D eigenvalue weighted by molar-refractivity contribution is -0.0689. The van der Waals surface area contributed by atoms with Gasteiger partial charge < -0.3 is 9.84 Å². The highest BCUT2D eigenvalue weighted by Gasteiger charge is 2.35. The number of likely N-dealkylation sites (N-methyl/N-ethyl adjacent to an activating group) is 1. The zero-order valence-corrected chi connectivity index (χ0v) is 14.6. The van der Waals surface area contributed by atoms with Crippen molar-refractivity contribution in [3.8, 4) is 0 Å². The average molecular weight is 378 g/mol. The predicted molar refractivity (Wildman–Crippen MR) is 83.7 cm³/mol. The van der Waals surface area contributed by atoms with Crippen LogP contribution < -0.4 is 0 Å². The molecule has 5 nitrogen and oxygen atoms in total. The van der Waals surface area contributed by atoms with Gasteiger partial charge in [-0.2, -0.15) is 4.31 Å². The van der Waals surface area contributed by atoms with Gasteiger partial charge in [-0.25, -0.2) is 8.42 Å². The minimum absolute atomic E-state index is 0.0685. The van der Waals surface area contributed by atoms with Crippen molar-refractivity contribution in [2.75, 3.05) is 26.8 Å². The van der Waals surface area contributed by atoms with Gasteiger partial charge in [0.2, 0.25) is 10.0 Å². The van der Waals surface area contributed by atoms with Crippen LogP contribution in [0.4, 0.5) is 0 Å². The van der Waals surface area contributed by atoms with Crippen LogP contribution in [0.1, 0.15) is 18.4 Å². The molecule has 1 fully saturated rings. The van der Waals surface area contributed by atoms with E-state index < -0.39 is 15.6 Å². The Morgan fingerprint density at radius 3 is 2.57 bits per heavy atom. The van der Waals surface area contributed by atoms with Crippen molar-refractivity contribution in [1.82, 2.24) is 4.31 Å². The molecule has 118 valence electrons. The molecule has 0 saturated carbocycles. The zero-order chi connectivity index (χ0) is 15.7. The molecule has 0 spiro atoms. The maximum Gasteiger partial charge on any atom is 0.244 e. The molecule has 21 heavy (non-hydrogen) atoms. The highest BCUT2D eigenvalue weighted by Crippen LogP contribution is 2.28. The summed E-state index contributed by atoms with van der Waals surface area (Å²) >= 11 is 3.30. The summed E-state index contributed by atoms with van der Waals surface area (Å²) in [5.74, 6) is 0. The smallest absolute Gasteiger partial charge is 0.244 e. The monoisotopic (exact) mass is 377 g/mol. The number of nitrogens with zero attached hydrogens (tertiary/aromatic N) is 1. The number of rotatable bonds is 4. The van der Waals surface area contributed by atoms with Gasteiger partial charge in [0.05, 0.1) is 10.5 Å². The summed E-state index contributed by atoms with van der Waals surface area (Å²) in [5, 5.41) is 10.5. The molecule has 0 aliphatic carbocycles. The molecule has 2 rings (SSSR count). The molecule has 7 heteroatoms. The summed E-state index contributed by atoms with van der Waals surface area (Å²) < 4.78 is 32.2. The summed E-state index contributed by atoms with van der Waals surface area (Å²) in [6, 6.07) is 5.11. The highest BCUT2D eigenvalue weighted by atomic mass is 79.9. The van der Waals surface area contributed by atoms with Crippen molar-refractivity contribution >= 4 is 26.0 Å². The van der Waals surface area contributed by atoms with E-state index in [1.54, 1.807) is 18.2 Å². The first-order valence-corrected chi connectivity index (χ1v) is 9.01. The fourth-order valence-corrected chi connectivity index (χ4v) is 4.79. The molecular weight excluding hydrogens is 358 g/mol. The maximum atomic E-state index is 12.6. The van der Waals surface area contributed by atoms with Gasteiger partial charge in [-0.3, -0.25) is 0 Å². The Morgan fingerprint density at radius 2 is 2.00 bits per heavy atom. The Balaban J connectivity index is 2.22. The second-order valence-electron chi connectivity index (χ2n) is 5.53. The topological polar surface area (TPSA) is 66.8 Å². The van der Waals surface area contributed by atoms with Gasteiger partial charge in [0, 0.05) is 44.1 Å². The van der Waals surface area contributed by atoms with E-state index in [0.717, 1.165) is 5.56 Å². The van der Waals surface area contributed by atoms with Gasteiger partial charge in [-0.15, -0.1) is 0 Å². The number of ether oxygens (including phenoxy) is 1. The molecule has 0 radical (unpaired) electrons. The highest BCUT2D eigenvalue weighted by molar-refractivity contribution is 9.10. The number of sulfonamides is 1. The molecule has 1 aliphatic heterocycles. The predicted octanol–water partition coefficient (Wildman–Crippen LogP) is 1.92. The van der Waals surface area contributed by atoms with E-state index in [0.29, 0.717) is 30.5 Å². The molecule has 1 N–H and O–H groups in total. The van der Waals surface area contributed by atoms with Crippen molar-refractivity contribution in [1.29, 1.82) is 0 Å². The van der Waals surface area contributed by atoms with Crippen LogP contribution in [0, 0.1) is 6.92 Å². The van der Waals surface area contributed by atoms with Gasteiger partial charge in [0.25, 0.3) is 0 Å². The van der Waals surface area contributed by atoms with E-state index in [4.69, 9.17) is 4.74 Å². The SMILES string of the molecule is Cc1ccc(S(=O)(=O)N(C)CC2(O)CCOCC2)c(Br)c1. The van der Waals surface area contributed by atoms with Gasteiger partial charge in [-0.05, 0) is 40.5 Å². The van der Waals surface area contributed by atoms with Crippen LogP contribution in [0.25, 0.3) is 0 Å². The summed E-state index contributed by atoms with van der Waals surface area (Å²) in [4.78, 5) is 0.214. The maximum absolute atomic E-state index is 12.6. The van der Waals surface area contributed by atoms with Gasteiger partial charge in [0.1, 0.15) is 0 Å². The minimum Gasteiger partial charge on any atom is -0.388 e. The van der Waals surface area contributed by atoms with Crippen LogP contribution in [0.2, 0.25) is 0 Å². The molecule has 0 unspecified atom stereocenters. The number of aliphatic hydroxyl groups is 1. The molecule has 1 heterocycles. The number of hydrogen-bond donors (Lipinski definition) is 1. The van der Waals surface area contributed by atoms with E-state index in [9.17, 15) is 13.5 Å². The molecule has 1 saturated heterocycles. The third-order valence-corrected chi connectivity index (χ3v) is 6.50. The summed E-state index contributed by atoms with van der Waals surface area (Å²) in [5.41, 5.74) is -0.0383. The third kappa shape index (κ3) is 3.84. The Kier molecular flexibility index (Phi) is 5.10. The quantitative estimate of drug-likeness (QED) is 0.870. The van der Waals surface area contributed by atoms with Crippen molar-refractivity contribution in [3.63, 3.8) is 0 Å². The third-order valence-electron chi connectivity index (χ3n) is 3.72. The van der Waals surface area contributed by atoms with E-state index in [1.165, 1.54) is 11.4 Å². The Hall–Kier alpha value is -0.470. The van der Waals surface area contributed by atoms with Crippen LogP contribution in [-0.4, -0.2) is 50.2 Å². The fourth-order valence-electron chi connectivity index (χ4n) is 2.39. The fraction of sp³-hybridized carbons (Fsp3) is 0.571. The van der Waals surface area contributed by atoms with Crippen molar-refractivity contribution in [2.45, 2.75) is 30.3 Å². The largest absolute Gasteiger partial charge is 0.388 e. The van der Waals surface area contributed by atoms with Crippen molar-refractivity contribution in [2.24, 2.45) is 0 Å². The first-order valence-electron chi connectivity index (χ1n) is 6.77. The lowest BCUT2D eigenvalue weighted by Gasteiger charge is -2.35. The van der Waals surface area contributed by atoms with Crippen LogP contribution in [-0.2, 0) is 14.8 Å². The first-order chi connectivity index (χ1) is 9.74. The minimum atomic E-state index is -3.64. The molecule has 0 amide bonds. The van der Waals surface area contributed by atoms with E-state index >= 15 is 0 Å². The second kappa shape index (κ2) is 6.34. The molecule has 0 bridgehead atoms. The van der Waals surface area contributed by atoms with Crippen molar-refractivity contribution < 1.29 is 18.3 Å². The second-order valence-corrected chi connectivity index (χ2v) is 8.40. The Morgan fingerprint density at radius 1 is 1.38 bits per heavy atom. The molecular formula is C14H20BrNO4S. The molecule has 1 aromatic carbocycles. The zero-order valence-electron chi connectivity index (χ0n) is 12.2.